The highest BCUT2D eigenvalue weighted by molar-refractivity contribution is 5.71. The molecule has 0 radical (unpaired) electrons. The van der Waals surface area contributed by atoms with Crippen molar-refractivity contribution in [3.05, 3.63) is 60.9 Å². The van der Waals surface area contributed by atoms with Gasteiger partial charge in [-0.05, 0) is 12.2 Å². The lowest BCUT2D eigenvalue weighted by atomic mass is 10.4. The van der Waals surface area contributed by atoms with Gasteiger partial charge < -0.3 is 4.84 Å². The molecular weight excluding hydrogens is 176 g/mol. The van der Waals surface area contributed by atoms with Crippen LogP contribution in [0.3, 0.4) is 0 Å². The lowest BCUT2D eigenvalue weighted by molar-refractivity contribution is 0.139. The summed E-state index contributed by atoms with van der Waals surface area (Å²) in [6, 6.07) is 0. The fraction of sp³-hybridized carbons (Fsp3) is 0. The van der Waals surface area contributed by atoms with Crippen LogP contribution >= 0.6 is 0 Å². The quantitative estimate of drug-likeness (QED) is 0.632. The molecule has 0 saturated carbocycles. The van der Waals surface area contributed by atoms with Gasteiger partial charge in [0.05, 0.1) is 6.21 Å². The molecule has 3 nitrogen and oxygen atoms in total. The largest absolute Gasteiger partial charge is 0.373 e. The summed E-state index contributed by atoms with van der Waals surface area (Å²) in [5, 5.41) is 3.75. The van der Waals surface area contributed by atoms with Crippen LogP contribution in [0.5, 0.6) is 0 Å². The maximum absolute atomic E-state index is 4.82. The number of allylic oxidation sites excluding steroid dienone is 9. The van der Waals surface area contributed by atoms with Crippen LogP contribution < -0.4 is 5.59 Å². The van der Waals surface area contributed by atoms with E-state index in [1.165, 1.54) is 6.26 Å². The van der Waals surface area contributed by atoms with Crippen LogP contribution in [-0.2, 0) is 4.84 Å². The van der Waals surface area contributed by atoms with Crippen molar-refractivity contribution in [1.82, 2.24) is 5.59 Å². The molecule has 1 rings (SSSR count). The summed E-state index contributed by atoms with van der Waals surface area (Å²) in [7, 11) is 0. The van der Waals surface area contributed by atoms with E-state index < -0.39 is 0 Å². The van der Waals surface area contributed by atoms with Crippen LogP contribution in [0.25, 0.3) is 0 Å². The van der Waals surface area contributed by atoms with Crippen molar-refractivity contribution in [1.29, 1.82) is 0 Å². The third-order valence-electron chi connectivity index (χ3n) is 1.30. The number of hydrogen-bond acceptors (Lipinski definition) is 3. The Bertz CT molecular complexity index is 277. The Hall–Kier alpha value is -2.03. The SMILES string of the molecule is C1=C\C=C/C=C/C=N\NO/C=C\C=C/1. The maximum Gasteiger partial charge on any atom is 0.121 e. The molecule has 1 aliphatic heterocycles. The van der Waals surface area contributed by atoms with Gasteiger partial charge in [-0.2, -0.15) is 5.10 Å². The third kappa shape index (κ3) is 5.60. The van der Waals surface area contributed by atoms with E-state index in [0.717, 1.165) is 0 Å². The summed E-state index contributed by atoms with van der Waals surface area (Å²) in [6.07, 6.45) is 20.0. The zero-order valence-electron chi connectivity index (χ0n) is 7.71. The average molecular weight is 188 g/mol. The predicted molar refractivity (Wildman–Crippen MR) is 58.4 cm³/mol. The van der Waals surface area contributed by atoms with Crippen molar-refractivity contribution in [2.24, 2.45) is 5.10 Å². The highest BCUT2D eigenvalue weighted by Crippen LogP contribution is 1.84. The number of hydrazone groups is 1. The molecular formula is C11H12N2O. The van der Waals surface area contributed by atoms with Crippen LogP contribution in [-0.4, -0.2) is 6.21 Å². The zero-order chi connectivity index (χ0) is 9.90. The molecule has 0 atom stereocenters. The highest BCUT2D eigenvalue weighted by Gasteiger charge is 1.70. The first-order valence-electron chi connectivity index (χ1n) is 4.25. The summed E-state index contributed by atoms with van der Waals surface area (Å²) < 4.78 is 0. The minimum Gasteiger partial charge on any atom is -0.373 e. The molecule has 0 unspecified atom stereocenters. The molecule has 3 heteroatoms. The van der Waals surface area contributed by atoms with Crippen molar-refractivity contribution in [2.75, 3.05) is 0 Å². The molecule has 72 valence electrons. The third-order valence-corrected chi connectivity index (χ3v) is 1.30. The van der Waals surface area contributed by atoms with Gasteiger partial charge in [-0.25, -0.2) is 0 Å². The van der Waals surface area contributed by atoms with Crippen molar-refractivity contribution < 1.29 is 4.84 Å². The zero-order valence-corrected chi connectivity index (χ0v) is 7.71. The highest BCUT2D eigenvalue weighted by atomic mass is 16.7. The van der Waals surface area contributed by atoms with E-state index in [1.54, 1.807) is 18.4 Å². The molecule has 0 aromatic carbocycles. The van der Waals surface area contributed by atoms with Crippen LogP contribution in [0, 0.1) is 0 Å². The number of nitrogens with one attached hydrogen (secondary N) is 1. The summed E-state index contributed by atoms with van der Waals surface area (Å²) in [5.41, 5.74) is 2.39. The van der Waals surface area contributed by atoms with Crippen molar-refractivity contribution >= 4 is 6.21 Å². The first-order chi connectivity index (χ1) is 7.00. The van der Waals surface area contributed by atoms with Gasteiger partial charge in [-0.3, -0.25) is 0 Å². The lowest BCUT2D eigenvalue weighted by Gasteiger charge is -1.93. The first-order valence-corrected chi connectivity index (χ1v) is 4.25. The van der Waals surface area contributed by atoms with Gasteiger partial charge in [0.2, 0.25) is 0 Å². The van der Waals surface area contributed by atoms with E-state index in [9.17, 15) is 0 Å². The smallest absolute Gasteiger partial charge is 0.121 e. The van der Waals surface area contributed by atoms with Crippen molar-refractivity contribution in [3.8, 4) is 0 Å². The van der Waals surface area contributed by atoms with Gasteiger partial charge in [0.15, 0.2) is 0 Å². The maximum atomic E-state index is 4.82. The Balaban J connectivity index is 2.56. The average Bonchev–Trinajstić information content (AvgIpc) is 2.22. The van der Waals surface area contributed by atoms with Crippen LogP contribution in [0.4, 0.5) is 0 Å². The molecule has 0 aromatic heterocycles. The Morgan fingerprint density at radius 3 is 2.00 bits per heavy atom. The minimum atomic E-state index is 1.51. The molecule has 0 bridgehead atoms. The Labute approximate surface area is 83.4 Å². The number of rotatable bonds is 0. The fourth-order valence-corrected chi connectivity index (χ4v) is 0.718. The summed E-state index contributed by atoms with van der Waals surface area (Å²) in [6.45, 7) is 0. The van der Waals surface area contributed by atoms with E-state index in [2.05, 4.69) is 10.7 Å². The van der Waals surface area contributed by atoms with E-state index in [-0.39, 0.29) is 0 Å². The molecule has 0 aliphatic carbocycles. The molecule has 1 N–H and O–H groups in total. The van der Waals surface area contributed by atoms with Gasteiger partial charge in [0, 0.05) is 0 Å². The van der Waals surface area contributed by atoms with Crippen LogP contribution in [0.2, 0.25) is 0 Å². The molecule has 1 aliphatic rings. The topological polar surface area (TPSA) is 33.6 Å². The van der Waals surface area contributed by atoms with Crippen LogP contribution in [0.15, 0.2) is 66.0 Å². The monoisotopic (exact) mass is 188 g/mol. The lowest BCUT2D eigenvalue weighted by Crippen LogP contribution is -2.00. The van der Waals surface area contributed by atoms with Gasteiger partial charge >= 0.3 is 0 Å². The standard InChI is InChI=1S/C11H12N2O/c1-2-4-6-8-10-12-13-14-11-9-7-5-3-1/h1-11,13H/b3-1-,4-2-,7-5-,8-6+,11-9-,12-10-. The van der Waals surface area contributed by atoms with Crippen molar-refractivity contribution in [3.63, 3.8) is 0 Å². The molecule has 0 fully saturated rings. The minimum absolute atomic E-state index is 1.51. The van der Waals surface area contributed by atoms with Gasteiger partial charge in [0.25, 0.3) is 0 Å². The Morgan fingerprint density at radius 1 is 0.714 bits per heavy atom. The summed E-state index contributed by atoms with van der Waals surface area (Å²) in [5.74, 6) is 0. The number of hydrogen-bond donors (Lipinski definition) is 1. The molecule has 0 aromatic rings. The molecule has 14 heavy (non-hydrogen) atoms. The Kier molecular flexibility index (Phi) is 5.47. The summed E-state index contributed by atoms with van der Waals surface area (Å²) >= 11 is 0. The molecule has 1 heterocycles. The van der Waals surface area contributed by atoms with Gasteiger partial charge in [-0.15, -0.1) is 5.59 Å². The van der Waals surface area contributed by atoms with E-state index >= 15 is 0 Å². The molecule has 0 spiro atoms. The molecule has 0 amide bonds. The second-order valence-electron chi connectivity index (χ2n) is 2.36. The summed E-state index contributed by atoms with van der Waals surface area (Å²) in [4.78, 5) is 4.82. The van der Waals surface area contributed by atoms with Gasteiger partial charge in [0.1, 0.15) is 6.26 Å². The van der Waals surface area contributed by atoms with E-state index in [0.29, 0.717) is 0 Å². The second kappa shape index (κ2) is 7.61. The fourth-order valence-electron chi connectivity index (χ4n) is 0.718. The first kappa shape index (κ1) is 10.1. The molecule has 0 saturated heterocycles. The van der Waals surface area contributed by atoms with E-state index in [4.69, 9.17) is 4.84 Å². The van der Waals surface area contributed by atoms with E-state index in [1.807, 2.05) is 42.5 Å². The van der Waals surface area contributed by atoms with Gasteiger partial charge in [-0.1, -0.05) is 42.5 Å². The normalized spacial score (nSPS) is 29.7. The van der Waals surface area contributed by atoms with Crippen LogP contribution in [0.1, 0.15) is 0 Å². The second-order valence-corrected chi connectivity index (χ2v) is 2.36. The predicted octanol–water partition coefficient (Wildman–Crippen LogP) is 2.25. The Morgan fingerprint density at radius 2 is 1.29 bits per heavy atom. The number of nitrogens with zero attached hydrogens (tertiary/aromatic N) is 1. The van der Waals surface area contributed by atoms with Crippen molar-refractivity contribution in [2.45, 2.75) is 0 Å².